The van der Waals surface area contributed by atoms with Crippen LogP contribution in [0.4, 0.5) is 0 Å². The number of carbonyl (C=O) groups excluding carboxylic acids is 1. The molecule has 0 fully saturated rings. The lowest BCUT2D eigenvalue weighted by molar-refractivity contribution is -0.145. The summed E-state index contributed by atoms with van der Waals surface area (Å²) < 4.78 is 4.94. The van der Waals surface area contributed by atoms with Gasteiger partial charge in [-0.05, 0) is 26.3 Å². The van der Waals surface area contributed by atoms with Crippen molar-refractivity contribution in [1.82, 2.24) is 5.32 Å². The van der Waals surface area contributed by atoms with Crippen LogP contribution in [-0.2, 0) is 9.53 Å². The van der Waals surface area contributed by atoms with E-state index in [-0.39, 0.29) is 18.1 Å². The molecule has 0 heterocycles. The fourth-order valence-electron chi connectivity index (χ4n) is 1.55. The highest BCUT2D eigenvalue weighted by Crippen LogP contribution is 2.12. The molecule has 0 unspecified atom stereocenters. The normalized spacial score (nSPS) is 14.2. The fraction of sp³-hybridized carbons (Fsp3) is 0.462. The number of rotatable bonds is 5. The van der Waals surface area contributed by atoms with Crippen molar-refractivity contribution in [3.8, 4) is 0 Å². The van der Waals surface area contributed by atoms with E-state index in [1.807, 2.05) is 51.1 Å². The van der Waals surface area contributed by atoms with Crippen LogP contribution in [0.5, 0.6) is 0 Å². The Morgan fingerprint density at radius 1 is 1.31 bits per heavy atom. The van der Waals surface area contributed by atoms with Gasteiger partial charge in [0.1, 0.15) is 6.04 Å². The van der Waals surface area contributed by atoms with Crippen LogP contribution in [0.2, 0.25) is 0 Å². The third-order valence-electron chi connectivity index (χ3n) is 2.44. The van der Waals surface area contributed by atoms with Crippen LogP contribution < -0.4 is 5.32 Å². The van der Waals surface area contributed by atoms with E-state index in [0.29, 0.717) is 6.61 Å². The smallest absolute Gasteiger partial charge is 0.322 e. The van der Waals surface area contributed by atoms with Crippen LogP contribution in [0.3, 0.4) is 0 Å². The summed E-state index contributed by atoms with van der Waals surface area (Å²) in [5, 5.41) is 3.21. The molecule has 0 radical (unpaired) electrons. The lowest BCUT2D eigenvalue weighted by atomic mass is 10.1. The van der Waals surface area contributed by atoms with Crippen LogP contribution in [0.25, 0.3) is 0 Å². The second-order valence-corrected chi connectivity index (χ2v) is 3.77. The monoisotopic (exact) mass is 221 g/mol. The lowest BCUT2D eigenvalue weighted by Gasteiger charge is -2.19. The van der Waals surface area contributed by atoms with Gasteiger partial charge in [0.2, 0.25) is 0 Å². The highest BCUT2D eigenvalue weighted by atomic mass is 16.5. The van der Waals surface area contributed by atoms with E-state index in [2.05, 4.69) is 5.32 Å². The molecule has 0 aliphatic carbocycles. The van der Waals surface area contributed by atoms with Crippen molar-refractivity contribution in [2.24, 2.45) is 0 Å². The lowest BCUT2D eigenvalue weighted by Crippen LogP contribution is -2.37. The molecule has 0 aliphatic heterocycles. The van der Waals surface area contributed by atoms with Gasteiger partial charge >= 0.3 is 5.97 Å². The van der Waals surface area contributed by atoms with E-state index < -0.39 is 0 Å². The molecule has 1 aromatic carbocycles. The predicted octanol–water partition coefficient (Wildman–Crippen LogP) is 2.29. The van der Waals surface area contributed by atoms with E-state index in [0.717, 1.165) is 0 Å². The van der Waals surface area contributed by atoms with Gasteiger partial charge in [-0.2, -0.15) is 0 Å². The van der Waals surface area contributed by atoms with Gasteiger partial charge in [-0.3, -0.25) is 10.1 Å². The minimum absolute atomic E-state index is 0.139. The van der Waals surface area contributed by atoms with Gasteiger partial charge in [0, 0.05) is 6.04 Å². The topological polar surface area (TPSA) is 38.3 Å². The molecule has 0 saturated carbocycles. The van der Waals surface area contributed by atoms with Gasteiger partial charge in [0.25, 0.3) is 0 Å². The first kappa shape index (κ1) is 12.7. The molecule has 1 aromatic rings. The van der Waals surface area contributed by atoms with Crippen molar-refractivity contribution in [2.45, 2.75) is 32.9 Å². The second-order valence-electron chi connectivity index (χ2n) is 3.77. The zero-order valence-electron chi connectivity index (χ0n) is 10.1. The summed E-state index contributed by atoms with van der Waals surface area (Å²) in [6.45, 7) is 6.08. The van der Waals surface area contributed by atoms with Crippen molar-refractivity contribution >= 4 is 5.97 Å². The molecule has 0 amide bonds. The van der Waals surface area contributed by atoms with Crippen molar-refractivity contribution < 1.29 is 9.53 Å². The molecular formula is C13H19NO2. The first-order chi connectivity index (χ1) is 7.65. The first-order valence-corrected chi connectivity index (χ1v) is 5.62. The van der Waals surface area contributed by atoms with Gasteiger partial charge in [0.15, 0.2) is 0 Å². The standard InChI is InChI=1S/C13H19NO2/c1-4-16-13(15)11(3)14-10(2)12-8-6-5-7-9-12/h5-11,14H,4H2,1-3H3/t10-,11-/m0/s1. The highest BCUT2D eigenvalue weighted by Gasteiger charge is 2.16. The number of benzene rings is 1. The SMILES string of the molecule is CCOC(=O)[C@H](C)N[C@@H](C)c1ccccc1. The van der Waals surface area contributed by atoms with Gasteiger partial charge in [-0.1, -0.05) is 30.3 Å². The van der Waals surface area contributed by atoms with Crippen molar-refractivity contribution in [3.05, 3.63) is 35.9 Å². The minimum Gasteiger partial charge on any atom is -0.465 e. The number of ether oxygens (including phenoxy) is 1. The van der Waals surface area contributed by atoms with Crippen LogP contribution in [0.15, 0.2) is 30.3 Å². The Labute approximate surface area is 96.8 Å². The molecule has 16 heavy (non-hydrogen) atoms. The summed E-state index contributed by atoms with van der Waals surface area (Å²) in [5.41, 5.74) is 1.17. The average Bonchev–Trinajstić information content (AvgIpc) is 2.30. The van der Waals surface area contributed by atoms with Gasteiger partial charge < -0.3 is 4.74 Å². The summed E-state index contributed by atoms with van der Waals surface area (Å²) in [7, 11) is 0. The van der Waals surface area contributed by atoms with Crippen molar-refractivity contribution in [3.63, 3.8) is 0 Å². The number of nitrogens with one attached hydrogen (secondary N) is 1. The maximum Gasteiger partial charge on any atom is 0.322 e. The van der Waals surface area contributed by atoms with Gasteiger partial charge in [-0.25, -0.2) is 0 Å². The van der Waals surface area contributed by atoms with E-state index >= 15 is 0 Å². The van der Waals surface area contributed by atoms with Crippen LogP contribution in [0, 0.1) is 0 Å². The summed E-state index contributed by atoms with van der Waals surface area (Å²) in [4.78, 5) is 11.4. The average molecular weight is 221 g/mol. The predicted molar refractivity (Wildman–Crippen MR) is 64.1 cm³/mol. The Hall–Kier alpha value is -1.35. The molecule has 88 valence electrons. The molecular weight excluding hydrogens is 202 g/mol. The quantitative estimate of drug-likeness (QED) is 0.775. The number of esters is 1. The largest absolute Gasteiger partial charge is 0.465 e. The first-order valence-electron chi connectivity index (χ1n) is 5.62. The Kier molecular flexibility index (Phi) is 4.99. The molecule has 0 saturated heterocycles. The Morgan fingerprint density at radius 3 is 2.50 bits per heavy atom. The van der Waals surface area contributed by atoms with E-state index in [9.17, 15) is 4.79 Å². The number of hydrogen-bond donors (Lipinski definition) is 1. The summed E-state index contributed by atoms with van der Waals surface area (Å²) in [6.07, 6.45) is 0. The number of hydrogen-bond acceptors (Lipinski definition) is 3. The molecule has 3 nitrogen and oxygen atoms in total. The van der Waals surface area contributed by atoms with Gasteiger partial charge in [0.05, 0.1) is 6.61 Å². The third-order valence-corrected chi connectivity index (χ3v) is 2.44. The zero-order valence-corrected chi connectivity index (χ0v) is 10.1. The highest BCUT2D eigenvalue weighted by molar-refractivity contribution is 5.75. The van der Waals surface area contributed by atoms with Crippen LogP contribution >= 0.6 is 0 Å². The Balaban J connectivity index is 2.51. The third kappa shape index (κ3) is 3.66. The zero-order chi connectivity index (χ0) is 12.0. The number of carbonyl (C=O) groups is 1. The van der Waals surface area contributed by atoms with E-state index in [4.69, 9.17) is 4.74 Å². The Morgan fingerprint density at radius 2 is 1.94 bits per heavy atom. The molecule has 1 N–H and O–H groups in total. The van der Waals surface area contributed by atoms with Crippen molar-refractivity contribution in [1.29, 1.82) is 0 Å². The fourth-order valence-corrected chi connectivity index (χ4v) is 1.55. The summed E-state index contributed by atoms with van der Waals surface area (Å²) >= 11 is 0. The van der Waals surface area contributed by atoms with E-state index in [1.165, 1.54) is 5.56 Å². The Bertz CT molecular complexity index is 324. The van der Waals surface area contributed by atoms with Crippen LogP contribution in [-0.4, -0.2) is 18.6 Å². The molecule has 1 rings (SSSR count). The summed E-state index contributed by atoms with van der Waals surface area (Å²) in [5.74, 6) is -0.203. The van der Waals surface area contributed by atoms with Crippen molar-refractivity contribution in [2.75, 3.05) is 6.61 Å². The molecule has 0 aliphatic rings. The molecule has 3 heteroatoms. The maximum absolute atomic E-state index is 11.4. The van der Waals surface area contributed by atoms with Crippen LogP contribution in [0.1, 0.15) is 32.4 Å². The summed E-state index contributed by atoms with van der Waals surface area (Å²) in [6, 6.07) is 9.89. The maximum atomic E-state index is 11.4. The molecule has 2 atom stereocenters. The molecule has 0 spiro atoms. The minimum atomic E-state index is -0.282. The molecule has 0 bridgehead atoms. The second kappa shape index (κ2) is 6.28. The molecule has 0 aromatic heterocycles. The van der Waals surface area contributed by atoms with E-state index in [1.54, 1.807) is 0 Å². The van der Waals surface area contributed by atoms with Gasteiger partial charge in [-0.15, -0.1) is 0 Å².